The second-order valence-electron chi connectivity index (χ2n) is 11.9. The van der Waals surface area contributed by atoms with Crippen LogP contribution in [0.3, 0.4) is 0 Å². The second kappa shape index (κ2) is 13.7. The Labute approximate surface area is 273 Å². The first-order chi connectivity index (χ1) is 23.1. The van der Waals surface area contributed by atoms with Crippen molar-refractivity contribution in [2.24, 2.45) is 5.92 Å². The number of para-hydroxylation sites is 2. The van der Waals surface area contributed by atoms with Crippen LogP contribution in [0.2, 0.25) is 0 Å². The summed E-state index contributed by atoms with van der Waals surface area (Å²) in [5, 5.41) is 12.6. The standard InChI is InChI=1S/C39H36N4O4/c1-26-36(23-43-25-42-34-10-4-5-11-35(34)43)46-39(47-37(26)29-14-12-27(24-44)13-15-29)30-18-16-28(17-19-30)33-9-3-2-7-31(33)22-41-38(45)32-8-6-20-40-21-32/h2-21,25-26,36-37,39,44H,22-24H2,1H3,(H,41,45). The van der Waals surface area contributed by atoms with Crippen molar-refractivity contribution in [3.8, 4) is 11.1 Å². The first-order valence-corrected chi connectivity index (χ1v) is 15.8. The van der Waals surface area contributed by atoms with Gasteiger partial charge in [0.1, 0.15) is 0 Å². The van der Waals surface area contributed by atoms with Crippen LogP contribution in [-0.2, 0) is 29.2 Å². The van der Waals surface area contributed by atoms with Gasteiger partial charge in [0.25, 0.3) is 5.91 Å². The van der Waals surface area contributed by atoms with Gasteiger partial charge in [0.2, 0.25) is 0 Å². The number of nitrogens with zero attached hydrogens (tertiary/aromatic N) is 3. The summed E-state index contributed by atoms with van der Waals surface area (Å²) >= 11 is 0. The minimum atomic E-state index is -0.587. The molecule has 8 nitrogen and oxygen atoms in total. The van der Waals surface area contributed by atoms with Gasteiger partial charge in [0.05, 0.1) is 48.3 Å². The third-order valence-corrected chi connectivity index (χ3v) is 8.90. The molecule has 2 N–H and O–H groups in total. The summed E-state index contributed by atoms with van der Waals surface area (Å²) in [6.07, 6.45) is 4.13. The van der Waals surface area contributed by atoms with Crippen LogP contribution in [-0.4, -0.2) is 31.7 Å². The summed E-state index contributed by atoms with van der Waals surface area (Å²) in [5.41, 5.74) is 8.44. The van der Waals surface area contributed by atoms with Crippen molar-refractivity contribution in [1.29, 1.82) is 0 Å². The number of amides is 1. The van der Waals surface area contributed by atoms with Gasteiger partial charge in [-0.15, -0.1) is 0 Å². The molecule has 1 fully saturated rings. The van der Waals surface area contributed by atoms with Gasteiger partial charge in [0.15, 0.2) is 6.29 Å². The fourth-order valence-electron chi connectivity index (χ4n) is 6.23. The first-order valence-electron chi connectivity index (χ1n) is 15.8. The molecule has 1 aliphatic rings. The predicted molar refractivity (Wildman–Crippen MR) is 180 cm³/mol. The highest BCUT2D eigenvalue weighted by molar-refractivity contribution is 5.93. The van der Waals surface area contributed by atoms with E-state index in [2.05, 4.69) is 63.2 Å². The zero-order valence-electron chi connectivity index (χ0n) is 26.1. The second-order valence-corrected chi connectivity index (χ2v) is 11.9. The number of aliphatic hydroxyl groups is 1. The number of aliphatic hydroxyl groups excluding tert-OH is 1. The van der Waals surface area contributed by atoms with Crippen molar-refractivity contribution in [3.63, 3.8) is 0 Å². The molecule has 3 heterocycles. The molecule has 4 unspecified atom stereocenters. The highest BCUT2D eigenvalue weighted by Crippen LogP contribution is 2.42. The molecular formula is C39H36N4O4. The van der Waals surface area contributed by atoms with Crippen LogP contribution in [0.4, 0.5) is 0 Å². The zero-order chi connectivity index (χ0) is 32.2. The first kappa shape index (κ1) is 30.5. The number of fused-ring (bicyclic) bond motifs is 1. The fourth-order valence-corrected chi connectivity index (χ4v) is 6.23. The van der Waals surface area contributed by atoms with E-state index >= 15 is 0 Å². The Kier molecular flexibility index (Phi) is 8.88. The molecule has 2 aromatic heterocycles. The molecule has 4 atom stereocenters. The number of rotatable bonds is 9. The Hall–Kier alpha value is -5.15. The van der Waals surface area contributed by atoms with Crippen LogP contribution in [0, 0.1) is 5.92 Å². The molecule has 7 rings (SSSR count). The Balaban J connectivity index is 1.14. The normalized spacial score (nSPS) is 19.4. The summed E-state index contributed by atoms with van der Waals surface area (Å²) in [6, 6.07) is 35.9. The smallest absolute Gasteiger partial charge is 0.253 e. The largest absolute Gasteiger partial charge is 0.392 e. The molecule has 0 bridgehead atoms. The van der Waals surface area contributed by atoms with Gasteiger partial charge in [-0.3, -0.25) is 9.78 Å². The number of ether oxygens (including phenoxy) is 2. The molecule has 0 radical (unpaired) electrons. The Morgan fingerprint density at radius 3 is 2.43 bits per heavy atom. The molecule has 6 aromatic rings. The average Bonchev–Trinajstić information content (AvgIpc) is 3.54. The topological polar surface area (TPSA) is 98.5 Å². The molecule has 4 aromatic carbocycles. The van der Waals surface area contributed by atoms with Crippen molar-refractivity contribution in [2.45, 2.75) is 45.1 Å². The number of pyridine rings is 1. The summed E-state index contributed by atoms with van der Waals surface area (Å²) in [4.78, 5) is 21.3. The Morgan fingerprint density at radius 2 is 1.64 bits per heavy atom. The number of hydrogen-bond acceptors (Lipinski definition) is 6. The van der Waals surface area contributed by atoms with Gasteiger partial charge in [0, 0.05) is 30.4 Å². The zero-order valence-corrected chi connectivity index (χ0v) is 26.1. The monoisotopic (exact) mass is 624 g/mol. The van der Waals surface area contributed by atoms with Crippen molar-refractivity contribution >= 4 is 16.9 Å². The minimum absolute atomic E-state index is 0.00419. The van der Waals surface area contributed by atoms with E-state index in [-0.39, 0.29) is 30.6 Å². The third-order valence-electron chi connectivity index (χ3n) is 8.90. The molecule has 0 saturated carbocycles. The van der Waals surface area contributed by atoms with E-state index in [0.717, 1.165) is 44.4 Å². The van der Waals surface area contributed by atoms with E-state index in [1.165, 1.54) is 0 Å². The molecule has 8 heteroatoms. The molecule has 1 amide bonds. The molecular weight excluding hydrogens is 588 g/mol. The number of carbonyl (C=O) groups is 1. The van der Waals surface area contributed by atoms with Gasteiger partial charge in [-0.05, 0) is 52.1 Å². The van der Waals surface area contributed by atoms with E-state index in [0.29, 0.717) is 18.7 Å². The van der Waals surface area contributed by atoms with E-state index < -0.39 is 6.29 Å². The highest BCUT2D eigenvalue weighted by Gasteiger charge is 2.38. The van der Waals surface area contributed by atoms with Crippen LogP contribution in [0.15, 0.2) is 128 Å². The summed E-state index contributed by atoms with van der Waals surface area (Å²) in [6.45, 7) is 3.18. The number of aromatic nitrogens is 3. The maximum atomic E-state index is 12.7. The van der Waals surface area contributed by atoms with Crippen molar-refractivity contribution < 1.29 is 19.4 Å². The maximum Gasteiger partial charge on any atom is 0.253 e. The number of hydrogen-bond donors (Lipinski definition) is 2. The van der Waals surface area contributed by atoms with Gasteiger partial charge in [-0.25, -0.2) is 4.98 Å². The lowest BCUT2D eigenvalue weighted by Crippen LogP contribution is -2.39. The highest BCUT2D eigenvalue weighted by atomic mass is 16.7. The lowest BCUT2D eigenvalue weighted by molar-refractivity contribution is -0.276. The molecule has 1 aliphatic heterocycles. The Morgan fingerprint density at radius 1 is 0.872 bits per heavy atom. The van der Waals surface area contributed by atoms with Crippen LogP contribution >= 0.6 is 0 Å². The van der Waals surface area contributed by atoms with Crippen LogP contribution < -0.4 is 5.32 Å². The van der Waals surface area contributed by atoms with Crippen LogP contribution in [0.25, 0.3) is 22.2 Å². The van der Waals surface area contributed by atoms with Crippen LogP contribution in [0.1, 0.15) is 51.9 Å². The SMILES string of the molecule is CC1C(Cn2cnc3ccccc32)OC(c2ccc(-c3ccccc3CNC(=O)c3cccnc3)cc2)OC1c1ccc(CO)cc1. The van der Waals surface area contributed by atoms with E-state index in [1.807, 2.05) is 67.0 Å². The molecule has 1 saturated heterocycles. The number of carbonyl (C=O) groups excluding carboxylic acids is 1. The quantitative estimate of drug-likeness (QED) is 0.180. The lowest BCUT2D eigenvalue weighted by Gasteiger charge is -2.41. The van der Waals surface area contributed by atoms with E-state index in [4.69, 9.17) is 9.47 Å². The summed E-state index contributed by atoms with van der Waals surface area (Å²) in [7, 11) is 0. The lowest BCUT2D eigenvalue weighted by atomic mass is 9.90. The van der Waals surface area contributed by atoms with E-state index in [1.54, 1.807) is 24.5 Å². The summed E-state index contributed by atoms with van der Waals surface area (Å²) in [5.74, 6) is -0.122. The van der Waals surface area contributed by atoms with E-state index in [9.17, 15) is 9.90 Å². The van der Waals surface area contributed by atoms with Gasteiger partial charge in [-0.1, -0.05) is 91.9 Å². The van der Waals surface area contributed by atoms with Gasteiger partial charge < -0.3 is 24.5 Å². The molecule has 236 valence electrons. The average molecular weight is 625 g/mol. The number of imidazole rings is 1. The number of nitrogens with one attached hydrogen (secondary N) is 1. The number of benzene rings is 4. The third kappa shape index (κ3) is 6.57. The predicted octanol–water partition coefficient (Wildman–Crippen LogP) is 7.01. The van der Waals surface area contributed by atoms with Crippen molar-refractivity contribution in [2.75, 3.05) is 0 Å². The van der Waals surface area contributed by atoms with Gasteiger partial charge in [-0.2, -0.15) is 0 Å². The van der Waals surface area contributed by atoms with Gasteiger partial charge >= 0.3 is 0 Å². The summed E-state index contributed by atoms with van der Waals surface area (Å²) < 4.78 is 15.6. The minimum Gasteiger partial charge on any atom is -0.392 e. The van der Waals surface area contributed by atoms with Crippen molar-refractivity contribution in [3.05, 3.63) is 156 Å². The fraction of sp³-hybridized carbons (Fsp3) is 0.205. The van der Waals surface area contributed by atoms with Crippen LogP contribution in [0.5, 0.6) is 0 Å². The Bertz CT molecular complexity index is 1960. The molecule has 0 spiro atoms. The maximum absolute atomic E-state index is 12.7. The molecule has 0 aliphatic carbocycles. The van der Waals surface area contributed by atoms with Crippen molar-refractivity contribution in [1.82, 2.24) is 19.9 Å². The molecule has 47 heavy (non-hydrogen) atoms.